The second-order valence-corrected chi connectivity index (χ2v) is 5.73. The van der Waals surface area contributed by atoms with Crippen molar-refractivity contribution in [3.8, 4) is 0 Å². The van der Waals surface area contributed by atoms with Crippen LogP contribution in [0, 0.1) is 5.82 Å². The predicted octanol–water partition coefficient (Wildman–Crippen LogP) is 2.09. The zero-order valence-corrected chi connectivity index (χ0v) is 10.4. The average Bonchev–Trinajstić information content (AvgIpc) is 2.78. The Hall–Kier alpha value is -2.15. The smallest absolute Gasteiger partial charge is 0.371 e. The van der Waals surface area contributed by atoms with Crippen LogP contribution in [0.4, 0.5) is 4.39 Å². The molecule has 0 spiro atoms. The molecule has 0 saturated heterocycles. The fourth-order valence-electron chi connectivity index (χ4n) is 1.52. The molecule has 0 aliphatic rings. The molecule has 2 aromatic rings. The van der Waals surface area contributed by atoms with Crippen LogP contribution in [0.2, 0.25) is 0 Å². The van der Waals surface area contributed by atoms with Crippen LogP contribution < -0.4 is 0 Å². The van der Waals surface area contributed by atoms with E-state index in [1.54, 1.807) is 0 Å². The number of rotatable bonds is 4. The maximum absolute atomic E-state index is 13.0. The number of carboxylic acid groups (broad SMARTS) is 1. The Morgan fingerprint density at radius 1 is 1.26 bits per heavy atom. The van der Waals surface area contributed by atoms with Crippen LogP contribution >= 0.6 is 0 Å². The van der Waals surface area contributed by atoms with Gasteiger partial charge in [-0.3, -0.25) is 0 Å². The molecule has 0 fully saturated rings. The second kappa shape index (κ2) is 4.85. The van der Waals surface area contributed by atoms with Gasteiger partial charge in [0, 0.05) is 0 Å². The van der Waals surface area contributed by atoms with E-state index in [0.29, 0.717) is 0 Å². The monoisotopic (exact) mass is 284 g/mol. The van der Waals surface area contributed by atoms with Crippen molar-refractivity contribution < 1.29 is 27.1 Å². The summed E-state index contributed by atoms with van der Waals surface area (Å²) in [7, 11) is -3.84. The van der Waals surface area contributed by atoms with Crippen LogP contribution in [0.3, 0.4) is 0 Å². The highest BCUT2D eigenvalue weighted by Gasteiger charge is 2.21. The van der Waals surface area contributed by atoms with Crippen molar-refractivity contribution in [2.24, 2.45) is 0 Å². The number of sulfone groups is 1. The molecule has 1 heterocycles. The topological polar surface area (TPSA) is 84.6 Å². The lowest BCUT2D eigenvalue weighted by Crippen LogP contribution is -2.04. The fourth-order valence-corrected chi connectivity index (χ4v) is 2.77. The van der Waals surface area contributed by atoms with Crippen LogP contribution in [0.25, 0.3) is 0 Å². The van der Waals surface area contributed by atoms with E-state index in [2.05, 4.69) is 0 Å². The van der Waals surface area contributed by atoms with Gasteiger partial charge in [0.2, 0.25) is 20.7 Å². The molecule has 100 valence electrons. The SMILES string of the molecule is O=C(O)c1ccc(S(=O)(=O)Cc2cccc(F)c2)o1. The van der Waals surface area contributed by atoms with Crippen LogP contribution in [0.15, 0.2) is 45.9 Å². The summed E-state index contributed by atoms with van der Waals surface area (Å²) in [4.78, 5) is 10.6. The fraction of sp³-hybridized carbons (Fsp3) is 0.0833. The van der Waals surface area contributed by atoms with Gasteiger partial charge in [0.1, 0.15) is 5.82 Å². The lowest BCUT2D eigenvalue weighted by Gasteiger charge is -2.01. The van der Waals surface area contributed by atoms with Gasteiger partial charge in [-0.25, -0.2) is 17.6 Å². The summed E-state index contributed by atoms with van der Waals surface area (Å²) < 4.78 is 41.6. The van der Waals surface area contributed by atoms with Crippen molar-refractivity contribution in [1.29, 1.82) is 0 Å². The minimum Gasteiger partial charge on any atom is -0.475 e. The van der Waals surface area contributed by atoms with Crippen LogP contribution in [0.1, 0.15) is 16.1 Å². The van der Waals surface area contributed by atoms with Gasteiger partial charge >= 0.3 is 5.97 Å². The van der Waals surface area contributed by atoms with E-state index in [-0.39, 0.29) is 5.56 Å². The molecule has 0 atom stereocenters. The molecule has 1 N–H and O–H groups in total. The number of hydrogen-bond donors (Lipinski definition) is 1. The van der Waals surface area contributed by atoms with Gasteiger partial charge in [0.25, 0.3) is 0 Å². The summed E-state index contributed by atoms with van der Waals surface area (Å²) >= 11 is 0. The van der Waals surface area contributed by atoms with Gasteiger partial charge in [0.15, 0.2) is 0 Å². The first-order valence-electron chi connectivity index (χ1n) is 5.19. The van der Waals surface area contributed by atoms with Gasteiger partial charge in [-0.05, 0) is 29.8 Å². The molecular formula is C12H9FO5S. The Morgan fingerprint density at radius 2 is 2.00 bits per heavy atom. The number of furan rings is 1. The van der Waals surface area contributed by atoms with Crippen molar-refractivity contribution in [2.45, 2.75) is 10.8 Å². The summed E-state index contributed by atoms with van der Waals surface area (Å²) in [6.07, 6.45) is 0. The Labute approximate surface area is 108 Å². The molecule has 2 rings (SSSR count). The second-order valence-electron chi connectivity index (χ2n) is 3.81. The molecule has 0 bridgehead atoms. The molecule has 0 aliphatic carbocycles. The molecule has 0 amide bonds. The first-order chi connectivity index (χ1) is 8.88. The molecule has 7 heteroatoms. The molecule has 1 aromatic carbocycles. The summed E-state index contributed by atoms with van der Waals surface area (Å²) in [6.45, 7) is 0. The highest BCUT2D eigenvalue weighted by molar-refractivity contribution is 7.90. The Kier molecular flexibility index (Phi) is 3.39. The highest BCUT2D eigenvalue weighted by atomic mass is 32.2. The summed E-state index contributed by atoms with van der Waals surface area (Å²) in [6, 6.07) is 7.27. The van der Waals surface area contributed by atoms with Crippen molar-refractivity contribution >= 4 is 15.8 Å². The van der Waals surface area contributed by atoms with E-state index in [0.717, 1.165) is 18.2 Å². The zero-order chi connectivity index (χ0) is 14.0. The maximum Gasteiger partial charge on any atom is 0.371 e. The third-order valence-corrected chi connectivity index (χ3v) is 3.89. The molecule has 0 aliphatic heterocycles. The van der Waals surface area contributed by atoms with Gasteiger partial charge < -0.3 is 9.52 Å². The first-order valence-corrected chi connectivity index (χ1v) is 6.84. The minimum atomic E-state index is -3.84. The van der Waals surface area contributed by atoms with E-state index < -0.39 is 38.2 Å². The van der Waals surface area contributed by atoms with Gasteiger partial charge in [-0.2, -0.15) is 0 Å². The van der Waals surface area contributed by atoms with Crippen LogP contribution in [-0.2, 0) is 15.6 Å². The van der Waals surface area contributed by atoms with Crippen molar-refractivity contribution in [3.63, 3.8) is 0 Å². The normalized spacial score (nSPS) is 11.4. The Morgan fingerprint density at radius 3 is 2.58 bits per heavy atom. The van der Waals surface area contributed by atoms with Gasteiger partial charge in [0.05, 0.1) is 5.75 Å². The van der Waals surface area contributed by atoms with Crippen molar-refractivity contribution in [2.75, 3.05) is 0 Å². The van der Waals surface area contributed by atoms with E-state index in [1.165, 1.54) is 18.2 Å². The molecule has 1 aromatic heterocycles. The molecular weight excluding hydrogens is 275 g/mol. The van der Waals surface area contributed by atoms with Gasteiger partial charge in [-0.15, -0.1) is 0 Å². The lowest BCUT2D eigenvalue weighted by atomic mass is 10.2. The number of carbonyl (C=O) groups is 1. The minimum absolute atomic E-state index is 0.258. The average molecular weight is 284 g/mol. The number of hydrogen-bond acceptors (Lipinski definition) is 4. The maximum atomic E-state index is 13.0. The number of aromatic carboxylic acids is 1. The van der Waals surface area contributed by atoms with Crippen molar-refractivity contribution in [1.82, 2.24) is 0 Å². The standard InChI is InChI=1S/C12H9FO5S/c13-9-3-1-2-8(6-9)7-19(16,17)11-5-4-10(18-11)12(14)15/h1-6H,7H2,(H,14,15). The molecule has 0 radical (unpaired) electrons. The Balaban J connectivity index is 2.29. The summed E-state index contributed by atoms with van der Waals surface area (Å²) in [5.74, 6) is -2.82. The lowest BCUT2D eigenvalue weighted by molar-refractivity contribution is 0.0656. The molecule has 0 saturated carbocycles. The molecule has 19 heavy (non-hydrogen) atoms. The third-order valence-electron chi connectivity index (χ3n) is 2.34. The quantitative estimate of drug-likeness (QED) is 0.929. The zero-order valence-electron chi connectivity index (χ0n) is 9.54. The number of halogens is 1. The van der Waals surface area contributed by atoms with E-state index in [4.69, 9.17) is 9.52 Å². The largest absolute Gasteiger partial charge is 0.475 e. The third kappa shape index (κ3) is 3.00. The van der Waals surface area contributed by atoms with E-state index in [1.807, 2.05) is 0 Å². The van der Waals surface area contributed by atoms with Crippen molar-refractivity contribution in [3.05, 3.63) is 53.5 Å². The van der Waals surface area contributed by atoms with Crippen LogP contribution in [0.5, 0.6) is 0 Å². The molecule has 0 unspecified atom stereocenters. The Bertz CT molecular complexity index is 717. The first kappa shape index (κ1) is 13.3. The van der Waals surface area contributed by atoms with E-state index in [9.17, 15) is 17.6 Å². The summed E-state index contributed by atoms with van der Waals surface area (Å²) in [5.41, 5.74) is 0.258. The van der Waals surface area contributed by atoms with Crippen LogP contribution in [-0.4, -0.2) is 19.5 Å². The van der Waals surface area contributed by atoms with Gasteiger partial charge in [-0.1, -0.05) is 12.1 Å². The summed E-state index contributed by atoms with van der Waals surface area (Å²) in [5, 5.41) is 8.20. The van der Waals surface area contributed by atoms with E-state index >= 15 is 0 Å². The molecule has 5 nitrogen and oxygen atoms in total. The predicted molar refractivity (Wildman–Crippen MR) is 63.0 cm³/mol. The number of carboxylic acids is 1. The number of benzene rings is 1. The highest BCUT2D eigenvalue weighted by Crippen LogP contribution is 2.19.